The molecule has 0 saturated heterocycles. The second-order valence-electron chi connectivity index (χ2n) is 2.98. The topological polar surface area (TPSA) is 27.1 Å². The predicted octanol–water partition coefficient (Wildman–Crippen LogP) is 2.75. The zero-order chi connectivity index (χ0) is 12.2. The van der Waals surface area contributed by atoms with E-state index in [0.717, 1.165) is 6.20 Å². The maximum atomic E-state index is 12.0. The van der Waals surface area contributed by atoms with Crippen molar-refractivity contribution >= 4 is 0 Å². The van der Waals surface area contributed by atoms with Crippen molar-refractivity contribution in [2.45, 2.75) is 25.8 Å². The molecule has 0 atom stereocenters. The van der Waals surface area contributed by atoms with Gasteiger partial charge in [-0.2, -0.15) is 27.1 Å². The van der Waals surface area contributed by atoms with Gasteiger partial charge in [0.2, 0.25) is 0 Å². The smallest absolute Gasteiger partial charge is 0.375 e. The van der Waals surface area contributed by atoms with Gasteiger partial charge >= 0.3 is 12.7 Å². The van der Waals surface area contributed by atoms with Gasteiger partial charge in [0.25, 0.3) is 0 Å². The maximum Gasteiger partial charge on any atom is 0.391 e. The molecule has 0 amide bonds. The molecule has 0 spiro atoms. The summed E-state index contributed by atoms with van der Waals surface area (Å²) in [4.78, 5) is 0. The second-order valence-corrected chi connectivity index (χ2v) is 2.98. The molecule has 0 N–H and O–H groups in total. The number of hydrogen-bond acceptors (Lipinski definition) is 2. The predicted molar refractivity (Wildman–Crippen MR) is 43.8 cm³/mol. The van der Waals surface area contributed by atoms with Gasteiger partial charge in [0.1, 0.15) is 0 Å². The lowest BCUT2D eigenvalue weighted by molar-refractivity contribution is -0.146. The van der Waals surface area contributed by atoms with Crippen LogP contribution in [-0.2, 0) is 11.3 Å². The van der Waals surface area contributed by atoms with Gasteiger partial charge < -0.3 is 4.74 Å². The van der Waals surface area contributed by atoms with Crippen molar-refractivity contribution in [3.63, 3.8) is 0 Å². The highest BCUT2D eigenvalue weighted by atomic mass is 19.4. The Bertz CT molecular complexity index is 322. The van der Waals surface area contributed by atoms with Crippen LogP contribution in [0.15, 0.2) is 12.3 Å². The van der Waals surface area contributed by atoms with E-state index in [9.17, 15) is 22.0 Å². The van der Waals surface area contributed by atoms with E-state index in [-0.39, 0.29) is 12.3 Å². The molecule has 0 aliphatic heterocycles. The SMILES string of the molecule is FC(F)n1ccc(COCCC(F)(F)F)n1. The summed E-state index contributed by atoms with van der Waals surface area (Å²) in [6.45, 7) is -3.48. The highest BCUT2D eigenvalue weighted by molar-refractivity contribution is 4.97. The quantitative estimate of drug-likeness (QED) is 0.588. The summed E-state index contributed by atoms with van der Waals surface area (Å²) in [5.74, 6) is 0. The molecule has 8 heteroatoms. The Morgan fingerprint density at radius 2 is 2.06 bits per heavy atom. The van der Waals surface area contributed by atoms with Crippen molar-refractivity contribution in [1.82, 2.24) is 9.78 Å². The largest absolute Gasteiger partial charge is 0.391 e. The van der Waals surface area contributed by atoms with Crippen LogP contribution in [0.25, 0.3) is 0 Å². The van der Waals surface area contributed by atoms with Crippen molar-refractivity contribution in [3.05, 3.63) is 18.0 Å². The van der Waals surface area contributed by atoms with Gasteiger partial charge in [0.15, 0.2) is 0 Å². The zero-order valence-electron chi connectivity index (χ0n) is 8.05. The molecule has 0 aliphatic rings. The van der Waals surface area contributed by atoms with Crippen molar-refractivity contribution in [2.75, 3.05) is 6.61 Å². The van der Waals surface area contributed by atoms with Crippen LogP contribution in [0.4, 0.5) is 22.0 Å². The Kier molecular flexibility index (Phi) is 4.22. The highest BCUT2D eigenvalue weighted by Crippen LogP contribution is 2.19. The van der Waals surface area contributed by atoms with Crippen LogP contribution >= 0.6 is 0 Å². The Labute approximate surface area is 87.8 Å². The van der Waals surface area contributed by atoms with Gasteiger partial charge in [-0.25, -0.2) is 4.68 Å². The Morgan fingerprint density at radius 1 is 1.38 bits per heavy atom. The molecule has 0 aliphatic carbocycles. The lowest BCUT2D eigenvalue weighted by atomic mass is 10.4. The third kappa shape index (κ3) is 4.56. The van der Waals surface area contributed by atoms with E-state index >= 15 is 0 Å². The van der Waals surface area contributed by atoms with Gasteiger partial charge in [-0.3, -0.25) is 0 Å². The fraction of sp³-hybridized carbons (Fsp3) is 0.625. The molecule has 16 heavy (non-hydrogen) atoms. The summed E-state index contributed by atoms with van der Waals surface area (Å²) in [6, 6.07) is 1.26. The molecule has 0 unspecified atom stereocenters. The van der Waals surface area contributed by atoms with Gasteiger partial charge in [-0.05, 0) is 6.07 Å². The van der Waals surface area contributed by atoms with Crippen LogP contribution in [0, 0.1) is 0 Å². The van der Waals surface area contributed by atoms with E-state index in [1.165, 1.54) is 6.07 Å². The van der Waals surface area contributed by atoms with Gasteiger partial charge in [-0.15, -0.1) is 0 Å². The van der Waals surface area contributed by atoms with Gasteiger partial charge in [0, 0.05) is 6.20 Å². The van der Waals surface area contributed by atoms with Crippen LogP contribution < -0.4 is 0 Å². The molecule has 0 radical (unpaired) electrons. The number of hydrogen-bond donors (Lipinski definition) is 0. The summed E-state index contributed by atoms with van der Waals surface area (Å²) in [7, 11) is 0. The third-order valence-electron chi connectivity index (χ3n) is 1.64. The first-order valence-electron chi connectivity index (χ1n) is 4.35. The Balaban J connectivity index is 2.27. The molecule has 1 heterocycles. The van der Waals surface area contributed by atoms with Crippen molar-refractivity contribution < 1.29 is 26.7 Å². The second kappa shape index (κ2) is 5.24. The van der Waals surface area contributed by atoms with E-state index < -0.39 is 25.8 Å². The average Bonchev–Trinajstić information content (AvgIpc) is 2.59. The molecule has 0 saturated carbocycles. The van der Waals surface area contributed by atoms with Crippen molar-refractivity contribution in [2.24, 2.45) is 0 Å². The molecule has 92 valence electrons. The first kappa shape index (κ1) is 12.9. The molecule has 0 fully saturated rings. The van der Waals surface area contributed by atoms with E-state index in [2.05, 4.69) is 9.84 Å². The number of halogens is 5. The van der Waals surface area contributed by atoms with Crippen LogP contribution in [0.2, 0.25) is 0 Å². The van der Waals surface area contributed by atoms with E-state index in [1.807, 2.05) is 0 Å². The molecule has 1 aromatic heterocycles. The number of rotatable bonds is 5. The molecule has 1 aromatic rings. The molecule has 0 bridgehead atoms. The van der Waals surface area contributed by atoms with Gasteiger partial charge in [-0.1, -0.05) is 0 Å². The lowest BCUT2D eigenvalue weighted by Gasteiger charge is -2.05. The fourth-order valence-corrected chi connectivity index (χ4v) is 0.928. The molecule has 0 aromatic carbocycles. The van der Waals surface area contributed by atoms with E-state index in [4.69, 9.17) is 0 Å². The summed E-state index contributed by atoms with van der Waals surface area (Å²) >= 11 is 0. The fourth-order valence-electron chi connectivity index (χ4n) is 0.928. The summed E-state index contributed by atoms with van der Waals surface area (Å²) < 4.78 is 64.2. The lowest BCUT2D eigenvalue weighted by Crippen LogP contribution is -2.11. The normalized spacial score (nSPS) is 12.4. The molecular weight excluding hydrogens is 235 g/mol. The van der Waals surface area contributed by atoms with Gasteiger partial charge in [0.05, 0.1) is 25.3 Å². The first-order valence-corrected chi connectivity index (χ1v) is 4.35. The third-order valence-corrected chi connectivity index (χ3v) is 1.64. The van der Waals surface area contributed by atoms with E-state index in [1.54, 1.807) is 0 Å². The van der Waals surface area contributed by atoms with Crippen molar-refractivity contribution in [1.29, 1.82) is 0 Å². The van der Waals surface area contributed by atoms with Crippen LogP contribution in [0.5, 0.6) is 0 Å². The monoisotopic (exact) mass is 244 g/mol. The van der Waals surface area contributed by atoms with Crippen LogP contribution in [0.1, 0.15) is 18.7 Å². The van der Waals surface area contributed by atoms with Crippen LogP contribution in [-0.4, -0.2) is 22.6 Å². The highest BCUT2D eigenvalue weighted by Gasteiger charge is 2.26. The van der Waals surface area contributed by atoms with E-state index in [0.29, 0.717) is 4.68 Å². The summed E-state index contributed by atoms with van der Waals surface area (Å²) in [6.07, 6.45) is -4.31. The average molecular weight is 244 g/mol. The molecule has 1 rings (SSSR count). The van der Waals surface area contributed by atoms with Crippen LogP contribution in [0.3, 0.4) is 0 Å². The summed E-state index contributed by atoms with van der Waals surface area (Å²) in [5.41, 5.74) is 0.169. The standard InChI is InChI=1S/C8H9F5N2O/c9-7(10)15-3-1-6(14-15)5-16-4-2-8(11,12)13/h1,3,7H,2,4-5H2. The van der Waals surface area contributed by atoms with Crippen molar-refractivity contribution in [3.8, 4) is 0 Å². The Morgan fingerprint density at radius 3 is 2.56 bits per heavy atom. The summed E-state index contributed by atoms with van der Waals surface area (Å²) in [5, 5.41) is 3.40. The number of aromatic nitrogens is 2. The first-order chi connectivity index (χ1) is 7.38. The minimum Gasteiger partial charge on any atom is -0.375 e. The number of alkyl halides is 5. The molecule has 3 nitrogen and oxygen atoms in total. The molecular formula is C8H9F5N2O. The number of nitrogens with zero attached hydrogens (tertiary/aromatic N) is 2. The minimum atomic E-state index is -4.28. The zero-order valence-corrected chi connectivity index (χ0v) is 8.05. The minimum absolute atomic E-state index is 0.169. The number of ether oxygens (including phenoxy) is 1. The maximum absolute atomic E-state index is 12.0. The Hall–Kier alpha value is -1.18.